The SMILES string of the molecule is Cl.FC(F)c1cc(Cl)ccn1. The topological polar surface area (TPSA) is 12.9 Å². The lowest BCUT2D eigenvalue weighted by Crippen LogP contribution is -1.87. The van der Waals surface area contributed by atoms with Crippen molar-refractivity contribution >= 4 is 24.0 Å². The van der Waals surface area contributed by atoms with E-state index in [4.69, 9.17) is 11.6 Å². The lowest BCUT2D eigenvalue weighted by molar-refractivity contribution is 0.146. The first kappa shape index (κ1) is 10.6. The Morgan fingerprint density at radius 3 is 2.45 bits per heavy atom. The summed E-state index contributed by atoms with van der Waals surface area (Å²) in [6.07, 6.45) is -1.29. The highest BCUT2D eigenvalue weighted by Crippen LogP contribution is 2.18. The first-order chi connectivity index (χ1) is 4.70. The molecule has 0 radical (unpaired) electrons. The Hall–Kier alpha value is -0.410. The second-order valence-corrected chi connectivity index (χ2v) is 2.14. The van der Waals surface area contributed by atoms with Crippen LogP contribution < -0.4 is 0 Å². The molecule has 1 rings (SSSR count). The van der Waals surface area contributed by atoms with Crippen molar-refractivity contribution < 1.29 is 8.78 Å². The Morgan fingerprint density at radius 1 is 1.45 bits per heavy atom. The van der Waals surface area contributed by atoms with Crippen LogP contribution in [0.25, 0.3) is 0 Å². The molecule has 0 unspecified atom stereocenters. The van der Waals surface area contributed by atoms with Crippen LogP contribution in [0, 0.1) is 0 Å². The average Bonchev–Trinajstić information content (AvgIpc) is 1.88. The molecule has 1 aromatic heterocycles. The maximum Gasteiger partial charge on any atom is 0.280 e. The second kappa shape index (κ2) is 4.46. The van der Waals surface area contributed by atoms with E-state index in [-0.39, 0.29) is 23.1 Å². The maximum absolute atomic E-state index is 11.8. The minimum absolute atomic E-state index is 0. The van der Waals surface area contributed by atoms with Gasteiger partial charge in [-0.3, -0.25) is 4.98 Å². The zero-order valence-corrected chi connectivity index (χ0v) is 6.87. The third-order valence-corrected chi connectivity index (χ3v) is 1.20. The van der Waals surface area contributed by atoms with Gasteiger partial charge in [0.15, 0.2) is 0 Å². The molecule has 11 heavy (non-hydrogen) atoms. The van der Waals surface area contributed by atoms with Crippen LogP contribution in [0.3, 0.4) is 0 Å². The Bertz CT molecular complexity index is 230. The van der Waals surface area contributed by atoms with E-state index < -0.39 is 6.43 Å². The Morgan fingerprint density at radius 2 is 2.09 bits per heavy atom. The van der Waals surface area contributed by atoms with Crippen LogP contribution in [0.2, 0.25) is 5.02 Å². The van der Waals surface area contributed by atoms with Gasteiger partial charge in [0.05, 0.1) is 0 Å². The van der Waals surface area contributed by atoms with Crippen molar-refractivity contribution in [1.29, 1.82) is 0 Å². The summed E-state index contributed by atoms with van der Waals surface area (Å²) in [4.78, 5) is 3.40. The van der Waals surface area contributed by atoms with E-state index in [2.05, 4.69) is 4.98 Å². The predicted molar refractivity (Wildman–Crippen MR) is 41.5 cm³/mol. The first-order valence-corrected chi connectivity index (χ1v) is 2.97. The van der Waals surface area contributed by atoms with Gasteiger partial charge in [-0.05, 0) is 12.1 Å². The van der Waals surface area contributed by atoms with Crippen molar-refractivity contribution in [1.82, 2.24) is 4.98 Å². The molecule has 1 aromatic rings. The third-order valence-electron chi connectivity index (χ3n) is 0.967. The molecule has 0 saturated heterocycles. The Kier molecular flexibility index (Phi) is 4.30. The second-order valence-electron chi connectivity index (χ2n) is 1.70. The summed E-state index contributed by atoms with van der Waals surface area (Å²) < 4.78 is 23.7. The smallest absolute Gasteiger partial charge is 0.255 e. The number of halogens is 4. The Labute approximate surface area is 73.8 Å². The number of hydrogen-bond donors (Lipinski definition) is 0. The Balaban J connectivity index is 0.000001000. The molecule has 0 aromatic carbocycles. The van der Waals surface area contributed by atoms with Crippen LogP contribution in [0.5, 0.6) is 0 Å². The summed E-state index contributed by atoms with van der Waals surface area (Å²) in [7, 11) is 0. The zero-order chi connectivity index (χ0) is 7.56. The van der Waals surface area contributed by atoms with Gasteiger partial charge in [0, 0.05) is 11.2 Å². The minimum Gasteiger partial charge on any atom is -0.255 e. The third kappa shape index (κ3) is 2.99. The van der Waals surface area contributed by atoms with E-state index in [1.54, 1.807) is 0 Å². The van der Waals surface area contributed by atoms with E-state index >= 15 is 0 Å². The highest BCUT2D eigenvalue weighted by atomic mass is 35.5. The summed E-state index contributed by atoms with van der Waals surface area (Å²) in [6, 6.07) is 2.60. The van der Waals surface area contributed by atoms with Crippen LogP contribution in [-0.4, -0.2) is 4.98 Å². The maximum atomic E-state index is 11.8. The monoisotopic (exact) mass is 199 g/mol. The van der Waals surface area contributed by atoms with Gasteiger partial charge in [0.25, 0.3) is 6.43 Å². The number of nitrogens with zero attached hydrogens (tertiary/aromatic N) is 1. The molecule has 5 heteroatoms. The van der Waals surface area contributed by atoms with Gasteiger partial charge in [-0.2, -0.15) is 0 Å². The molecule has 0 aliphatic rings. The lowest BCUT2D eigenvalue weighted by Gasteiger charge is -1.96. The fraction of sp³-hybridized carbons (Fsp3) is 0.167. The zero-order valence-electron chi connectivity index (χ0n) is 5.30. The highest BCUT2D eigenvalue weighted by molar-refractivity contribution is 6.30. The first-order valence-electron chi connectivity index (χ1n) is 2.60. The molecule has 62 valence electrons. The minimum atomic E-state index is -2.54. The number of pyridine rings is 1. The molecular weight excluding hydrogens is 195 g/mol. The quantitative estimate of drug-likeness (QED) is 0.678. The van der Waals surface area contributed by atoms with Crippen molar-refractivity contribution in [2.24, 2.45) is 0 Å². The number of rotatable bonds is 1. The van der Waals surface area contributed by atoms with E-state index in [1.807, 2.05) is 0 Å². The molecule has 0 atom stereocenters. The van der Waals surface area contributed by atoms with E-state index in [0.717, 1.165) is 6.07 Å². The molecule has 1 nitrogen and oxygen atoms in total. The van der Waals surface area contributed by atoms with Crippen molar-refractivity contribution in [2.75, 3.05) is 0 Å². The van der Waals surface area contributed by atoms with Gasteiger partial charge in [-0.1, -0.05) is 11.6 Å². The largest absolute Gasteiger partial charge is 0.280 e. The van der Waals surface area contributed by atoms with Crippen LogP contribution >= 0.6 is 24.0 Å². The molecule has 0 N–H and O–H groups in total. The van der Waals surface area contributed by atoms with Crippen LogP contribution in [0.1, 0.15) is 12.1 Å². The van der Waals surface area contributed by atoms with Gasteiger partial charge >= 0.3 is 0 Å². The normalized spacial score (nSPS) is 9.45. The number of hydrogen-bond acceptors (Lipinski definition) is 1. The van der Waals surface area contributed by atoms with Crippen LogP contribution in [-0.2, 0) is 0 Å². The summed E-state index contributed by atoms with van der Waals surface area (Å²) in [5.41, 5.74) is -0.285. The van der Waals surface area contributed by atoms with E-state index in [1.165, 1.54) is 12.3 Å². The summed E-state index contributed by atoms with van der Waals surface area (Å²) in [5.74, 6) is 0. The summed E-state index contributed by atoms with van der Waals surface area (Å²) in [5, 5.41) is 0.283. The molecule has 0 aliphatic carbocycles. The van der Waals surface area contributed by atoms with Crippen molar-refractivity contribution in [3.8, 4) is 0 Å². The highest BCUT2D eigenvalue weighted by Gasteiger charge is 2.07. The predicted octanol–water partition coefficient (Wildman–Crippen LogP) is 3.09. The van der Waals surface area contributed by atoms with Crippen LogP contribution in [0.4, 0.5) is 8.78 Å². The number of alkyl halides is 2. The van der Waals surface area contributed by atoms with Crippen molar-refractivity contribution in [2.45, 2.75) is 6.43 Å². The molecule has 0 amide bonds. The fourth-order valence-electron chi connectivity index (χ4n) is 0.541. The molecule has 0 saturated carbocycles. The van der Waals surface area contributed by atoms with Crippen molar-refractivity contribution in [3.63, 3.8) is 0 Å². The van der Waals surface area contributed by atoms with Gasteiger partial charge in [0.2, 0.25) is 0 Å². The molecular formula is C6H5Cl2F2N. The van der Waals surface area contributed by atoms with Gasteiger partial charge in [0.1, 0.15) is 5.69 Å². The molecule has 0 bridgehead atoms. The molecule has 0 aliphatic heterocycles. The van der Waals surface area contributed by atoms with Gasteiger partial charge in [-0.15, -0.1) is 12.4 Å². The van der Waals surface area contributed by atoms with Crippen LogP contribution in [0.15, 0.2) is 18.3 Å². The summed E-state index contributed by atoms with van der Waals surface area (Å²) in [6.45, 7) is 0. The average molecular weight is 200 g/mol. The fourth-order valence-corrected chi connectivity index (χ4v) is 0.709. The summed E-state index contributed by atoms with van der Waals surface area (Å²) >= 11 is 5.42. The molecule has 1 heterocycles. The van der Waals surface area contributed by atoms with E-state index in [9.17, 15) is 8.78 Å². The van der Waals surface area contributed by atoms with Gasteiger partial charge < -0.3 is 0 Å². The molecule has 0 spiro atoms. The standard InChI is InChI=1S/C6H4ClF2N.ClH/c7-4-1-2-10-5(3-4)6(8)9;/h1-3,6H;1H. The number of aromatic nitrogens is 1. The van der Waals surface area contributed by atoms with E-state index in [0.29, 0.717) is 0 Å². The lowest BCUT2D eigenvalue weighted by atomic mass is 10.4. The van der Waals surface area contributed by atoms with Crippen molar-refractivity contribution in [3.05, 3.63) is 29.0 Å². The molecule has 0 fully saturated rings. The van der Waals surface area contributed by atoms with Gasteiger partial charge in [-0.25, -0.2) is 8.78 Å².